The molecule has 0 amide bonds. The Balaban J connectivity index is 1.90. The van der Waals surface area contributed by atoms with Gasteiger partial charge in [-0.15, -0.1) is 0 Å². The minimum absolute atomic E-state index is 0.884. The number of benzene rings is 3. The van der Waals surface area contributed by atoms with Crippen molar-refractivity contribution in [2.24, 2.45) is 0 Å². The van der Waals surface area contributed by atoms with Gasteiger partial charge < -0.3 is 4.90 Å². The summed E-state index contributed by atoms with van der Waals surface area (Å²) in [5.74, 6) is 0. The summed E-state index contributed by atoms with van der Waals surface area (Å²) in [6.07, 6.45) is 0. The van der Waals surface area contributed by atoms with E-state index in [1.165, 1.54) is 0 Å². The van der Waals surface area contributed by atoms with E-state index in [-0.39, 0.29) is 0 Å². The third kappa shape index (κ3) is 1.80. The largest absolute Gasteiger partial charge is 0.309 e. The van der Waals surface area contributed by atoms with E-state index in [0.29, 0.717) is 0 Å². The summed E-state index contributed by atoms with van der Waals surface area (Å²) in [7, 11) is 0. The number of fused-ring (bicyclic) bond motifs is 1. The van der Waals surface area contributed by atoms with Gasteiger partial charge in [0, 0.05) is 11.1 Å². The molecule has 1 heterocycles. The zero-order valence-electron chi connectivity index (χ0n) is 11.5. The maximum atomic E-state index is 6.82. The average Bonchev–Trinajstić information content (AvgIpc) is 3.01. The molecule has 0 N–H and O–H groups in total. The van der Waals surface area contributed by atoms with Crippen LogP contribution in [0.2, 0.25) is 0 Å². The van der Waals surface area contributed by atoms with E-state index < -0.39 is 9.46 Å². The van der Waals surface area contributed by atoms with E-state index in [9.17, 15) is 0 Å². The fraction of sp³-hybridized carbons (Fsp3) is 0.111. The van der Waals surface area contributed by atoms with Gasteiger partial charge in [-0.05, 0) is 17.0 Å². The number of halogens is 3. The van der Waals surface area contributed by atoms with E-state index >= 15 is 0 Å². The second-order valence-corrected chi connectivity index (χ2v) is 7.20. The molecule has 1 nitrogen and oxygen atoms in total. The maximum Gasteiger partial charge on any atom is 0.234 e. The summed E-state index contributed by atoms with van der Waals surface area (Å²) in [5.41, 5.74) is 1.82. The fourth-order valence-corrected chi connectivity index (χ4v) is 4.18. The number of rotatable bonds is 2. The highest BCUT2D eigenvalue weighted by Crippen LogP contribution is 2.69. The van der Waals surface area contributed by atoms with Gasteiger partial charge in [0.1, 0.15) is 0 Å². The van der Waals surface area contributed by atoms with Crippen molar-refractivity contribution in [2.75, 3.05) is 4.90 Å². The number of nitrogens with zero attached hydrogens (tertiary/aromatic N) is 1. The van der Waals surface area contributed by atoms with Crippen molar-refractivity contribution < 1.29 is 0 Å². The van der Waals surface area contributed by atoms with Gasteiger partial charge >= 0.3 is 0 Å². The van der Waals surface area contributed by atoms with Crippen LogP contribution in [0.3, 0.4) is 0 Å². The van der Waals surface area contributed by atoms with Crippen LogP contribution < -0.4 is 4.90 Å². The number of alkyl halides is 3. The smallest absolute Gasteiger partial charge is 0.234 e. The molecule has 0 bridgehead atoms. The molecule has 0 aromatic heterocycles. The summed E-state index contributed by atoms with van der Waals surface area (Å²) < 4.78 is -1.18. The van der Waals surface area contributed by atoms with Crippen molar-refractivity contribution in [1.82, 2.24) is 0 Å². The Morgan fingerprint density at radius 1 is 0.682 bits per heavy atom. The highest BCUT2D eigenvalue weighted by Gasteiger charge is 2.75. The van der Waals surface area contributed by atoms with Crippen LogP contribution in [0.5, 0.6) is 0 Å². The van der Waals surface area contributed by atoms with Gasteiger partial charge in [-0.25, -0.2) is 0 Å². The van der Waals surface area contributed by atoms with Gasteiger partial charge in [-0.2, -0.15) is 0 Å². The molecule has 1 unspecified atom stereocenters. The molecule has 1 atom stereocenters. The maximum absolute atomic E-state index is 6.82. The van der Waals surface area contributed by atoms with Crippen molar-refractivity contribution in [3.05, 3.63) is 78.4 Å². The van der Waals surface area contributed by atoms with Crippen LogP contribution in [-0.4, -0.2) is 4.46 Å². The molecular formula is C18H12Cl3N. The van der Waals surface area contributed by atoms with Gasteiger partial charge in [-0.3, -0.25) is 0 Å². The lowest BCUT2D eigenvalue weighted by Gasteiger charge is -2.13. The summed E-state index contributed by atoms with van der Waals surface area (Å²) >= 11 is 19.9. The normalized spacial score (nSPS) is 22.8. The zero-order chi connectivity index (χ0) is 15.4. The van der Waals surface area contributed by atoms with E-state index in [1.54, 1.807) is 0 Å². The van der Waals surface area contributed by atoms with Crippen molar-refractivity contribution in [3.8, 4) is 0 Å². The standard InChI is InChI=1S/C18H12Cl3N/c19-17(14-9-2-1-3-10-14)18(20,21)22(17)16-12-6-8-13-7-4-5-11-15(13)16/h1-12H. The number of hydrogen-bond acceptors (Lipinski definition) is 1. The lowest BCUT2D eigenvalue weighted by molar-refractivity contribution is 0.989. The van der Waals surface area contributed by atoms with Crippen LogP contribution in [0.1, 0.15) is 5.56 Å². The van der Waals surface area contributed by atoms with Crippen LogP contribution in [0, 0.1) is 0 Å². The molecule has 0 aliphatic carbocycles. The molecule has 3 aromatic carbocycles. The van der Waals surface area contributed by atoms with Crippen molar-refractivity contribution >= 4 is 51.3 Å². The van der Waals surface area contributed by atoms with Crippen LogP contribution in [-0.2, 0) is 5.00 Å². The monoisotopic (exact) mass is 347 g/mol. The second kappa shape index (κ2) is 4.79. The Hall–Kier alpha value is -1.41. The average molecular weight is 349 g/mol. The first kappa shape index (κ1) is 14.2. The third-order valence-electron chi connectivity index (χ3n) is 4.10. The first-order valence-electron chi connectivity index (χ1n) is 6.97. The molecule has 0 saturated carbocycles. The molecule has 1 aliphatic rings. The minimum Gasteiger partial charge on any atom is -0.309 e. The Morgan fingerprint density at radius 3 is 2.09 bits per heavy atom. The van der Waals surface area contributed by atoms with Gasteiger partial charge in [0.2, 0.25) is 4.46 Å². The Bertz CT molecular complexity index is 842. The predicted molar refractivity (Wildman–Crippen MR) is 94.8 cm³/mol. The molecule has 110 valence electrons. The lowest BCUT2D eigenvalue weighted by Crippen LogP contribution is -2.08. The Kier molecular flexibility index (Phi) is 3.09. The summed E-state index contributed by atoms with van der Waals surface area (Å²) in [6.45, 7) is 0. The Morgan fingerprint density at radius 2 is 1.32 bits per heavy atom. The number of hydrogen-bond donors (Lipinski definition) is 0. The first-order chi connectivity index (χ1) is 10.6. The van der Waals surface area contributed by atoms with E-state index in [4.69, 9.17) is 34.8 Å². The highest BCUT2D eigenvalue weighted by molar-refractivity contribution is 6.60. The van der Waals surface area contributed by atoms with Gasteiger partial charge in [0.05, 0.1) is 0 Å². The molecule has 0 radical (unpaired) electrons. The second-order valence-electron chi connectivity index (χ2n) is 5.36. The number of anilines is 1. The molecule has 3 aromatic rings. The van der Waals surface area contributed by atoms with E-state index in [0.717, 1.165) is 22.0 Å². The highest BCUT2D eigenvalue weighted by atomic mass is 35.5. The van der Waals surface area contributed by atoms with Gasteiger partial charge in [0.25, 0.3) is 0 Å². The lowest BCUT2D eigenvalue weighted by atomic mass is 10.1. The van der Waals surface area contributed by atoms with Crippen molar-refractivity contribution in [1.29, 1.82) is 0 Å². The molecule has 4 heteroatoms. The third-order valence-corrected chi connectivity index (χ3v) is 5.84. The quantitative estimate of drug-likeness (QED) is 0.317. The molecule has 22 heavy (non-hydrogen) atoms. The molecule has 4 rings (SSSR count). The van der Waals surface area contributed by atoms with Crippen LogP contribution in [0.15, 0.2) is 72.8 Å². The predicted octanol–water partition coefficient (Wildman–Crippen LogP) is 5.88. The minimum atomic E-state index is -1.18. The van der Waals surface area contributed by atoms with Crippen molar-refractivity contribution in [3.63, 3.8) is 0 Å². The molecule has 1 saturated heterocycles. The summed E-state index contributed by atoms with van der Waals surface area (Å²) in [5, 5.41) is 2.21. The van der Waals surface area contributed by atoms with Crippen LogP contribution >= 0.6 is 34.8 Å². The SMILES string of the molecule is ClC1(Cl)N(c2cccc3ccccc23)C1(Cl)c1ccccc1. The molecule has 1 fully saturated rings. The van der Waals surface area contributed by atoms with Crippen molar-refractivity contribution in [2.45, 2.75) is 9.46 Å². The summed E-state index contributed by atoms with van der Waals surface area (Å²) in [6, 6.07) is 23.9. The Labute approximate surface area is 144 Å². The fourth-order valence-electron chi connectivity index (χ4n) is 2.96. The van der Waals surface area contributed by atoms with E-state index in [1.807, 2.05) is 59.5 Å². The summed E-state index contributed by atoms with van der Waals surface area (Å²) in [4.78, 5) is 0.893. The van der Waals surface area contributed by atoms with Crippen LogP contribution in [0.25, 0.3) is 10.8 Å². The van der Waals surface area contributed by atoms with E-state index in [2.05, 4.69) is 18.2 Å². The first-order valence-corrected chi connectivity index (χ1v) is 8.10. The zero-order valence-corrected chi connectivity index (χ0v) is 13.8. The molecule has 0 spiro atoms. The van der Waals surface area contributed by atoms with Gasteiger partial charge in [0.15, 0.2) is 5.00 Å². The van der Waals surface area contributed by atoms with Gasteiger partial charge in [-0.1, -0.05) is 102 Å². The van der Waals surface area contributed by atoms with Crippen LogP contribution in [0.4, 0.5) is 5.69 Å². The molecule has 1 aliphatic heterocycles. The topological polar surface area (TPSA) is 3.01 Å². The molecular weight excluding hydrogens is 337 g/mol.